The van der Waals surface area contributed by atoms with Crippen LogP contribution in [-0.2, 0) is 6.54 Å². The lowest BCUT2D eigenvalue weighted by atomic mass is 10.1. The molecule has 0 atom stereocenters. The first-order valence-electron chi connectivity index (χ1n) is 10.1. The highest BCUT2D eigenvalue weighted by atomic mass is 32.2. The molecule has 1 aromatic heterocycles. The van der Waals surface area contributed by atoms with Crippen molar-refractivity contribution in [3.8, 4) is 11.5 Å². The fourth-order valence-corrected chi connectivity index (χ4v) is 3.97. The molecule has 3 aromatic rings. The molecule has 0 fully saturated rings. The molecule has 0 unspecified atom stereocenters. The second kappa shape index (κ2) is 10.2. The Kier molecular flexibility index (Phi) is 6.89. The topological polar surface area (TPSA) is 93.1 Å². The van der Waals surface area contributed by atoms with Gasteiger partial charge in [0.15, 0.2) is 11.5 Å². The predicted octanol–water partition coefficient (Wildman–Crippen LogP) is 4.42. The Balaban J connectivity index is 1.46. The monoisotopic (exact) mass is 462 g/mol. The molecule has 9 heteroatoms. The standard InChI is InChI=1S/C24H22N4O4S/c1-31-21-11-8-17(13-22(21)32-2)20-15-33-24(30)28(27-20)14-16-6-9-18(10-7-16)26-23(29)19-5-3-4-12-25-19/h3-13H,14-15H2,1-2H3,(H,26,29). The SMILES string of the molecule is COc1ccc(C2=NN(Cc3ccc(NC(=O)c4ccccn4)cc3)C(=O)SC2)cc1OC. The van der Waals surface area contributed by atoms with E-state index in [-0.39, 0.29) is 11.1 Å². The van der Waals surface area contributed by atoms with Crippen LogP contribution in [0.5, 0.6) is 11.5 Å². The van der Waals surface area contributed by atoms with Crippen molar-refractivity contribution < 1.29 is 19.1 Å². The Hall–Kier alpha value is -3.85. The van der Waals surface area contributed by atoms with Crippen molar-refractivity contribution in [1.29, 1.82) is 0 Å². The molecule has 0 saturated heterocycles. The molecule has 1 aliphatic heterocycles. The third kappa shape index (κ3) is 5.32. The zero-order valence-corrected chi connectivity index (χ0v) is 19.0. The molecule has 33 heavy (non-hydrogen) atoms. The van der Waals surface area contributed by atoms with E-state index in [0.717, 1.165) is 16.8 Å². The molecule has 0 radical (unpaired) electrons. The van der Waals surface area contributed by atoms with Crippen LogP contribution in [0.15, 0.2) is 72.0 Å². The number of methoxy groups -OCH3 is 2. The van der Waals surface area contributed by atoms with Gasteiger partial charge in [-0.3, -0.25) is 14.6 Å². The van der Waals surface area contributed by atoms with Gasteiger partial charge in [-0.15, -0.1) is 0 Å². The number of anilines is 1. The second-order valence-electron chi connectivity index (χ2n) is 7.09. The van der Waals surface area contributed by atoms with E-state index in [4.69, 9.17) is 9.47 Å². The average molecular weight is 463 g/mol. The largest absolute Gasteiger partial charge is 0.493 e. The first kappa shape index (κ1) is 22.3. The van der Waals surface area contributed by atoms with Gasteiger partial charge >= 0.3 is 5.24 Å². The number of nitrogens with one attached hydrogen (secondary N) is 1. The van der Waals surface area contributed by atoms with Gasteiger partial charge in [0.05, 0.1) is 26.5 Å². The number of thioether (sulfide) groups is 1. The Morgan fingerprint density at radius 2 is 1.85 bits per heavy atom. The lowest BCUT2D eigenvalue weighted by molar-refractivity contribution is 0.102. The summed E-state index contributed by atoms with van der Waals surface area (Å²) in [6.45, 7) is 0.317. The van der Waals surface area contributed by atoms with Gasteiger partial charge in [0.25, 0.3) is 5.91 Å². The quantitative estimate of drug-likeness (QED) is 0.559. The maximum Gasteiger partial charge on any atom is 0.302 e. The van der Waals surface area contributed by atoms with Crippen molar-refractivity contribution in [3.05, 3.63) is 83.7 Å². The van der Waals surface area contributed by atoms with E-state index >= 15 is 0 Å². The van der Waals surface area contributed by atoms with Gasteiger partial charge in [0.2, 0.25) is 0 Å². The minimum Gasteiger partial charge on any atom is -0.493 e. The highest BCUT2D eigenvalue weighted by molar-refractivity contribution is 8.14. The molecule has 4 rings (SSSR count). The number of hydrogen-bond acceptors (Lipinski definition) is 7. The molecule has 1 N–H and O–H groups in total. The van der Waals surface area contributed by atoms with Crippen molar-refractivity contribution >= 4 is 34.3 Å². The molecule has 2 amide bonds. The number of pyridine rings is 1. The Bertz CT molecular complexity index is 1180. The summed E-state index contributed by atoms with van der Waals surface area (Å²) in [5.74, 6) is 1.43. The van der Waals surface area contributed by atoms with E-state index in [1.165, 1.54) is 16.8 Å². The van der Waals surface area contributed by atoms with Crippen LogP contribution in [-0.4, -0.2) is 46.8 Å². The molecular weight excluding hydrogens is 440 g/mol. The van der Waals surface area contributed by atoms with Crippen LogP contribution in [0.3, 0.4) is 0 Å². The molecule has 0 saturated carbocycles. The molecule has 2 heterocycles. The molecular formula is C24H22N4O4S. The summed E-state index contributed by atoms with van der Waals surface area (Å²) in [7, 11) is 3.17. The van der Waals surface area contributed by atoms with E-state index in [2.05, 4.69) is 15.4 Å². The minimum atomic E-state index is -0.282. The smallest absolute Gasteiger partial charge is 0.302 e. The molecule has 0 bridgehead atoms. The second-order valence-corrected chi connectivity index (χ2v) is 8.02. The number of carbonyl (C=O) groups is 2. The van der Waals surface area contributed by atoms with Crippen molar-refractivity contribution in [2.75, 3.05) is 25.3 Å². The fraction of sp³-hybridized carbons (Fsp3) is 0.167. The number of aromatic nitrogens is 1. The number of nitrogens with zero attached hydrogens (tertiary/aromatic N) is 3. The Morgan fingerprint density at radius 1 is 1.06 bits per heavy atom. The maximum atomic E-state index is 12.4. The summed E-state index contributed by atoms with van der Waals surface area (Å²) >= 11 is 1.20. The van der Waals surface area contributed by atoms with Gasteiger partial charge in [0, 0.05) is 23.2 Å². The summed E-state index contributed by atoms with van der Waals surface area (Å²) in [6, 6.07) is 18.0. The van der Waals surface area contributed by atoms with E-state index in [1.54, 1.807) is 50.7 Å². The first-order valence-corrected chi connectivity index (χ1v) is 11.1. The predicted molar refractivity (Wildman–Crippen MR) is 128 cm³/mol. The summed E-state index contributed by atoms with van der Waals surface area (Å²) in [5, 5.41) is 8.71. The van der Waals surface area contributed by atoms with E-state index < -0.39 is 0 Å². The normalized spacial score (nSPS) is 13.3. The van der Waals surface area contributed by atoms with Crippen LogP contribution in [0.25, 0.3) is 0 Å². The van der Waals surface area contributed by atoms with Gasteiger partial charge in [-0.2, -0.15) is 5.10 Å². The van der Waals surface area contributed by atoms with Crippen molar-refractivity contribution in [1.82, 2.24) is 9.99 Å². The molecule has 0 spiro atoms. The van der Waals surface area contributed by atoms with Crippen LogP contribution >= 0.6 is 11.8 Å². The number of rotatable bonds is 7. The summed E-state index contributed by atoms with van der Waals surface area (Å²) in [5.41, 5.74) is 3.51. The number of carbonyl (C=O) groups excluding carboxylic acids is 2. The zero-order chi connectivity index (χ0) is 23.2. The van der Waals surface area contributed by atoms with Gasteiger partial charge in [-0.1, -0.05) is 30.0 Å². The van der Waals surface area contributed by atoms with E-state index in [0.29, 0.717) is 35.2 Å². The van der Waals surface area contributed by atoms with Crippen LogP contribution in [0.1, 0.15) is 21.6 Å². The van der Waals surface area contributed by atoms with Crippen molar-refractivity contribution in [3.63, 3.8) is 0 Å². The van der Waals surface area contributed by atoms with E-state index in [9.17, 15) is 9.59 Å². The molecule has 168 valence electrons. The fourth-order valence-electron chi connectivity index (χ4n) is 3.24. The van der Waals surface area contributed by atoms with Gasteiger partial charge in [-0.05, 0) is 48.0 Å². The van der Waals surface area contributed by atoms with Crippen LogP contribution in [0.4, 0.5) is 10.5 Å². The zero-order valence-electron chi connectivity index (χ0n) is 18.1. The number of ether oxygens (including phenoxy) is 2. The highest BCUT2D eigenvalue weighted by Crippen LogP contribution is 2.30. The van der Waals surface area contributed by atoms with Crippen molar-refractivity contribution in [2.45, 2.75) is 6.54 Å². The Morgan fingerprint density at radius 3 is 2.55 bits per heavy atom. The van der Waals surface area contributed by atoms with E-state index in [1.807, 2.05) is 30.3 Å². The number of hydrogen-bond donors (Lipinski definition) is 1. The third-order valence-electron chi connectivity index (χ3n) is 4.94. The average Bonchev–Trinajstić information content (AvgIpc) is 2.86. The van der Waals surface area contributed by atoms with Gasteiger partial charge < -0.3 is 14.8 Å². The lowest BCUT2D eigenvalue weighted by Crippen LogP contribution is -2.29. The number of amides is 2. The number of benzene rings is 2. The van der Waals surface area contributed by atoms with Gasteiger partial charge in [-0.25, -0.2) is 5.01 Å². The van der Waals surface area contributed by atoms with Crippen molar-refractivity contribution in [2.24, 2.45) is 5.10 Å². The molecule has 0 aliphatic carbocycles. The molecule has 1 aliphatic rings. The molecule has 2 aromatic carbocycles. The van der Waals surface area contributed by atoms with Gasteiger partial charge in [0.1, 0.15) is 5.69 Å². The van der Waals surface area contributed by atoms with Crippen LogP contribution < -0.4 is 14.8 Å². The Labute approximate surface area is 195 Å². The lowest BCUT2D eigenvalue weighted by Gasteiger charge is -2.23. The summed E-state index contributed by atoms with van der Waals surface area (Å²) in [6.07, 6.45) is 1.57. The maximum absolute atomic E-state index is 12.4. The molecule has 8 nitrogen and oxygen atoms in total. The summed E-state index contributed by atoms with van der Waals surface area (Å²) in [4.78, 5) is 28.7. The van der Waals surface area contributed by atoms with Crippen LogP contribution in [0, 0.1) is 0 Å². The van der Waals surface area contributed by atoms with Crippen LogP contribution in [0.2, 0.25) is 0 Å². The number of hydrazone groups is 1. The summed E-state index contributed by atoms with van der Waals surface area (Å²) < 4.78 is 10.7. The third-order valence-corrected chi connectivity index (χ3v) is 5.82. The first-order chi connectivity index (χ1) is 16.1. The minimum absolute atomic E-state index is 0.119. The highest BCUT2D eigenvalue weighted by Gasteiger charge is 2.23.